The van der Waals surface area contributed by atoms with Crippen molar-refractivity contribution in [3.05, 3.63) is 16.3 Å². The first-order valence-electron chi connectivity index (χ1n) is 4.24. The molecule has 1 aromatic heterocycles. The Bertz CT molecular complexity index is 312. The van der Waals surface area contributed by atoms with E-state index in [0.717, 1.165) is 0 Å². The number of likely N-dealkylation sites (N-methyl/N-ethyl adjacent to an activating group) is 1. The molecule has 7 heteroatoms. The van der Waals surface area contributed by atoms with Gasteiger partial charge in [-0.1, -0.05) is 5.10 Å². The van der Waals surface area contributed by atoms with Gasteiger partial charge in [0.05, 0.1) is 6.61 Å². The summed E-state index contributed by atoms with van der Waals surface area (Å²) >= 11 is 0. The summed E-state index contributed by atoms with van der Waals surface area (Å²) in [6, 6.07) is 0. The zero-order valence-corrected chi connectivity index (χ0v) is 7.80. The van der Waals surface area contributed by atoms with Gasteiger partial charge in [-0.15, -0.1) is 5.10 Å². The number of hydrogen-bond acceptors (Lipinski definition) is 5. The molecule has 0 aromatic carbocycles. The molecule has 0 saturated heterocycles. The number of nitrogens with zero attached hydrogens (tertiary/aromatic N) is 3. The summed E-state index contributed by atoms with van der Waals surface area (Å²) in [6.07, 6.45) is 1.39. The third kappa shape index (κ3) is 1.99. The van der Waals surface area contributed by atoms with Crippen molar-refractivity contribution in [2.75, 3.05) is 24.6 Å². The van der Waals surface area contributed by atoms with Crippen LogP contribution < -0.4 is 4.90 Å². The Morgan fingerprint density at radius 2 is 2.50 bits per heavy atom. The molecule has 0 aliphatic carbocycles. The Kier molecular flexibility index (Phi) is 3.41. The van der Waals surface area contributed by atoms with Crippen molar-refractivity contribution in [2.45, 2.75) is 6.92 Å². The molecule has 14 heavy (non-hydrogen) atoms. The minimum atomic E-state index is -0.525. The molecular formula is C7H12N4O3. The second-order valence-electron chi connectivity index (χ2n) is 2.66. The third-order valence-electron chi connectivity index (χ3n) is 1.87. The second kappa shape index (κ2) is 4.56. The average Bonchev–Trinajstić information content (AvgIpc) is 2.62. The van der Waals surface area contributed by atoms with Crippen LogP contribution in [-0.2, 0) is 0 Å². The average molecular weight is 200 g/mol. The molecule has 0 fully saturated rings. The number of hydrogen-bond donors (Lipinski definition) is 2. The number of anilines is 1. The van der Waals surface area contributed by atoms with E-state index in [2.05, 4.69) is 10.2 Å². The number of H-pyrrole nitrogens is 1. The number of nitro groups is 1. The summed E-state index contributed by atoms with van der Waals surface area (Å²) < 4.78 is 0. The third-order valence-corrected chi connectivity index (χ3v) is 1.87. The van der Waals surface area contributed by atoms with E-state index < -0.39 is 4.92 Å². The Hall–Kier alpha value is -1.63. The van der Waals surface area contributed by atoms with Crippen molar-refractivity contribution in [3.63, 3.8) is 0 Å². The molecule has 0 atom stereocenters. The maximum atomic E-state index is 10.6. The molecule has 1 rings (SSSR count). The van der Waals surface area contributed by atoms with E-state index >= 15 is 0 Å². The van der Waals surface area contributed by atoms with Crippen molar-refractivity contribution in [1.82, 2.24) is 10.2 Å². The van der Waals surface area contributed by atoms with Crippen molar-refractivity contribution in [1.29, 1.82) is 0 Å². The Balaban J connectivity index is 2.91. The highest BCUT2D eigenvalue weighted by Crippen LogP contribution is 2.23. The normalized spacial score (nSPS) is 10.1. The summed E-state index contributed by atoms with van der Waals surface area (Å²) in [7, 11) is 0. The number of rotatable bonds is 5. The molecule has 7 nitrogen and oxygen atoms in total. The van der Waals surface area contributed by atoms with Gasteiger partial charge in [-0.05, 0) is 11.8 Å². The van der Waals surface area contributed by atoms with Crippen molar-refractivity contribution in [3.8, 4) is 0 Å². The molecule has 0 amide bonds. The number of aliphatic hydroxyl groups excluding tert-OH is 1. The van der Waals surface area contributed by atoms with E-state index in [1.54, 1.807) is 4.90 Å². The predicted octanol–water partition coefficient (Wildman–Crippen LogP) is 0.136. The van der Waals surface area contributed by atoms with E-state index in [0.29, 0.717) is 18.8 Å². The van der Waals surface area contributed by atoms with Crippen LogP contribution in [0.1, 0.15) is 6.92 Å². The zero-order chi connectivity index (χ0) is 10.6. The highest BCUT2D eigenvalue weighted by atomic mass is 16.6. The molecule has 0 aliphatic rings. The lowest BCUT2D eigenvalue weighted by Crippen LogP contribution is -2.26. The summed E-state index contributed by atoms with van der Waals surface area (Å²) in [5.74, 6) is -0.139. The van der Waals surface area contributed by atoms with E-state index in [9.17, 15) is 10.1 Å². The predicted molar refractivity (Wildman–Crippen MR) is 50.2 cm³/mol. The SMILES string of the molecule is CCN(CCO)c1cn[nH]c1[N+](=O)[O-]. The van der Waals surface area contributed by atoms with Gasteiger partial charge in [0.2, 0.25) is 0 Å². The lowest BCUT2D eigenvalue weighted by molar-refractivity contribution is -0.388. The molecule has 78 valence electrons. The van der Waals surface area contributed by atoms with Crippen LogP contribution in [0, 0.1) is 10.1 Å². The van der Waals surface area contributed by atoms with Crippen LogP contribution >= 0.6 is 0 Å². The molecule has 0 bridgehead atoms. The number of aromatic nitrogens is 2. The molecule has 0 unspecified atom stereocenters. The van der Waals surface area contributed by atoms with Crippen molar-refractivity contribution < 1.29 is 10.0 Å². The molecule has 0 radical (unpaired) electrons. The van der Waals surface area contributed by atoms with Crippen LogP contribution in [0.5, 0.6) is 0 Å². The molecule has 0 saturated carbocycles. The van der Waals surface area contributed by atoms with Gasteiger partial charge >= 0.3 is 5.82 Å². The van der Waals surface area contributed by atoms with Gasteiger partial charge in [0.25, 0.3) is 0 Å². The van der Waals surface area contributed by atoms with E-state index in [1.807, 2.05) is 6.92 Å². The summed E-state index contributed by atoms with van der Waals surface area (Å²) in [4.78, 5) is 11.7. The van der Waals surface area contributed by atoms with Crippen LogP contribution in [0.3, 0.4) is 0 Å². The van der Waals surface area contributed by atoms with Gasteiger partial charge < -0.3 is 20.1 Å². The first-order valence-corrected chi connectivity index (χ1v) is 4.24. The Morgan fingerprint density at radius 3 is 3.00 bits per heavy atom. The van der Waals surface area contributed by atoms with Gasteiger partial charge in [-0.2, -0.15) is 0 Å². The van der Waals surface area contributed by atoms with Gasteiger partial charge in [-0.3, -0.25) is 0 Å². The molecule has 0 spiro atoms. The monoisotopic (exact) mass is 200 g/mol. The van der Waals surface area contributed by atoms with Crippen LogP contribution in [-0.4, -0.2) is 39.9 Å². The van der Waals surface area contributed by atoms with E-state index in [-0.39, 0.29) is 12.4 Å². The minimum Gasteiger partial charge on any atom is -0.395 e. The molecule has 1 aromatic rings. The van der Waals surface area contributed by atoms with Gasteiger partial charge in [-0.25, -0.2) is 0 Å². The standard InChI is InChI=1S/C7H12N4O3/c1-2-10(3-4-12)6-5-8-9-7(6)11(13)14/h5,12H,2-4H2,1H3,(H,8,9). The molecule has 2 N–H and O–H groups in total. The van der Waals surface area contributed by atoms with Crippen molar-refractivity contribution >= 4 is 11.5 Å². The van der Waals surface area contributed by atoms with Crippen molar-refractivity contribution in [2.24, 2.45) is 0 Å². The highest BCUT2D eigenvalue weighted by Gasteiger charge is 2.19. The highest BCUT2D eigenvalue weighted by molar-refractivity contribution is 5.57. The van der Waals surface area contributed by atoms with Crippen LogP contribution in [0.2, 0.25) is 0 Å². The molecule has 0 aliphatic heterocycles. The molecule has 1 heterocycles. The smallest absolute Gasteiger partial charge is 0.366 e. The first-order chi connectivity index (χ1) is 6.70. The quantitative estimate of drug-likeness (QED) is 0.520. The second-order valence-corrected chi connectivity index (χ2v) is 2.66. The first kappa shape index (κ1) is 10.5. The summed E-state index contributed by atoms with van der Waals surface area (Å²) in [6.45, 7) is 2.75. The van der Waals surface area contributed by atoms with Gasteiger partial charge in [0.15, 0.2) is 5.69 Å². The number of aromatic amines is 1. The lowest BCUT2D eigenvalue weighted by Gasteiger charge is -2.18. The van der Waals surface area contributed by atoms with Crippen LogP contribution in [0.15, 0.2) is 6.20 Å². The number of aliphatic hydroxyl groups is 1. The summed E-state index contributed by atoms with van der Waals surface area (Å²) in [5, 5.41) is 25.2. The number of nitrogens with one attached hydrogen (secondary N) is 1. The largest absolute Gasteiger partial charge is 0.395 e. The Morgan fingerprint density at radius 1 is 1.79 bits per heavy atom. The zero-order valence-electron chi connectivity index (χ0n) is 7.80. The fourth-order valence-electron chi connectivity index (χ4n) is 1.21. The fraction of sp³-hybridized carbons (Fsp3) is 0.571. The van der Waals surface area contributed by atoms with E-state index in [1.165, 1.54) is 6.20 Å². The van der Waals surface area contributed by atoms with Gasteiger partial charge in [0.1, 0.15) is 6.20 Å². The van der Waals surface area contributed by atoms with E-state index in [4.69, 9.17) is 5.11 Å². The minimum absolute atomic E-state index is 0.0455. The maximum Gasteiger partial charge on any atom is 0.366 e. The summed E-state index contributed by atoms with van der Waals surface area (Å²) in [5.41, 5.74) is 0.409. The topological polar surface area (TPSA) is 95.3 Å². The molecular weight excluding hydrogens is 188 g/mol. The van der Waals surface area contributed by atoms with Crippen LogP contribution in [0.4, 0.5) is 11.5 Å². The van der Waals surface area contributed by atoms with Crippen LogP contribution in [0.25, 0.3) is 0 Å². The maximum absolute atomic E-state index is 10.6. The fourth-order valence-corrected chi connectivity index (χ4v) is 1.21. The lowest BCUT2D eigenvalue weighted by atomic mass is 10.4. The Labute approximate surface area is 80.5 Å². The van der Waals surface area contributed by atoms with Gasteiger partial charge in [0, 0.05) is 13.1 Å².